The number of carbonyl (C=O) groups excluding carboxylic acids is 1. The van der Waals surface area contributed by atoms with E-state index in [2.05, 4.69) is 21.6 Å². The summed E-state index contributed by atoms with van der Waals surface area (Å²) in [6.07, 6.45) is 1.52. The molecule has 72 valence electrons. The van der Waals surface area contributed by atoms with E-state index in [0.717, 1.165) is 0 Å². The molecule has 1 aromatic rings. The van der Waals surface area contributed by atoms with Gasteiger partial charge in [0.2, 0.25) is 5.88 Å². The van der Waals surface area contributed by atoms with Crippen molar-refractivity contribution in [3.63, 3.8) is 0 Å². The highest BCUT2D eigenvalue weighted by Gasteiger charge is 1.93. The molecule has 0 saturated heterocycles. The van der Waals surface area contributed by atoms with E-state index in [1.165, 1.54) is 20.4 Å². The Hall–Kier alpha value is -2.02. The topological polar surface area (TPSA) is 48.4 Å². The zero-order chi connectivity index (χ0) is 10.4. The standard InChI is InChI=1S/C10H9NO3/c1-13-9-5-3-8(7-11-9)4-6-10(12)14-2/h3,5,7H,1-2H3. The van der Waals surface area contributed by atoms with Gasteiger partial charge in [0, 0.05) is 23.7 Å². The van der Waals surface area contributed by atoms with E-state index >= 15 is 0 Å². The van der Waals surface area contributed by atoms with E-state index in [4.69, 9.17) is 4.74 Å². The summed E-state index contributed by atoms with van der Waals surface area (Å²) in [5.74, 6) is 4.84. The third-order valence-corrected chi connectivity index (χ3v) is 1.44. The Morgan fingerprint density at radius 2 is 2.21 bits per heavy atom. The molecular formula is C10H9NO3. The second-order valence-corrected chi connectivity index (χ2v) is 2.33. The molecule has 4 nitrogen and oxygen atoms in total. The molecule has 0 aromatic carbocycles. The molecular weight excluding hydrogens is 182 g/mol. The average molecular weight is 191 g/mol. The molecule has 1 aromatic heterocycles. The summed E-state index contributed by atoms with van der Waals surface area (Å²) in [4.78, 5) is 14.6. The molecule has 0 aliphatic heterocycles. The van der Waals surface area contributed by atoms with Crippen molar-refractivity contribution in [3.8, 4) is 17.7 Å². The Bertz CT molecular complexity index is 373. The lowest BCUT2D eigenvalue weighted by Crippen LogP contribution is -1.94. The Morgan fingerprint density at radius 3 is 2.71 bits per heavy atom. The lowest BCUT2D eigenvalue weighted by Gasteiger charge is -1.95. The zero-order valence-corrected chi connectivity index (χ0v) is 7.90. The molecule has 1 heterocycles. The van der Waals surface area contributed by atoms with Crippen LogP contribution in [0.3, 0.4) is 0 Å². The highest BCUT2D eigenvalue weighted by molar-refractivity contribution is 5.88. The fourth-order valence-electron chi connectivity index (χ4n) is 0.749. The van der Waals surface area contributed by atoms with Crippen LogP contribution in [0, 0.1) is 11.8 Å². The summed E-state index contributed by atoms with van der Waals surface area (Å²) < 4.78 is 9.22. The van der Waals surface area contributed by atoms with Gasteiger partial charge in [-0.3, -0.25) is 0 Å². The van der Waals surface area contributed by atoms with Gasteiger partial charge in [0.25, 0.3) is 0 Å². The maximum Gasteiger partial charge on any atom is 0.384 e. The van der Waals surface area contributed by atoms with Crippen LogP contribution in [0.25, 0.3) is 0 Å². The van der Waals surface area contributed by atoms with E-state index < -0.39 is 5.97 Å². The zero-order valence-electron chi connectivity index (χ0n) is 7.90. The summed E-state index contributed by atoms with van der Waals surface area (Å²) in [6.45, 7) is 0. The van der Waals surface area contributed by atoms with Gasteiger partial charge >= 0.3 is 5.97 Å². The third-order valence-electron chi connectivity index (χ3n) is 1.44. The Kier molecular flexibility index (Phi) is 3.50. The molecule has 0 bridgehead atoms. The predicted molar refractivity (Wildman–Crippen MR) is 49.7 cm³/mol. The third kappa shape index (κ3) is 2.79. The Labute approximate surface area is 81.9 Å². The van der Waals surface area contributed by atoms with Crippen LogP contribution in [0.2, 0.25) is 0 Å². The first-order chi connectivity index (χ1) is 6.76. The van der Waals surface area contributed by atoms with E-state index in [-0.39, 0.29) is 0 Å². The second kappa shape index (κ2) is 4.87. The molecule has 0 aliphatic rings. The summed E-state index contributed by atoms with van der Waals surface area (Å²) in [7, 11) is 2.81. The Balaban J connectivity index is 2.76. The normalized spacial score (nSPS) is 8.43. The number of aromatic nitrogens is 1. The van der Waals surface area contributed by atoms with E-state index in [1.54, 1.807) is 12.1 Å². The van der Waals surface area contributed by atoms with Gasteiger partial charge in [-0.2, -0.15) is 0 Å². The molecule has 4 heteroatoms. The predicted octanol–water partition coefficient (Wildman–Crippen LogP) is 0.615. The van der Waals surface area contributed by atoms with Crippen LogP contribution in [0.4, 0.5) is 0 Å². The first-order valence-corrected chi connectivity index (χ1v) is 3.86. The van der Waals surface area contributed by atoms with Gasteiger partial charge in [0.05, 0.1) is 14.2 Å². The maximum atomic E-state index is 10.7. The lowest BCUT2D eigenvalue weighted by molar-refractivity contribution is -0.133. The highest BCUT2D eigenvalue weighted by Crippen LogP contribution is 2.04. The van der Waals surface area contributed by atoms with E-state index in [0.29, 0.717) is 11.4 Å². The highest BCUT2D eigenvalue weighted by atomic mass is 16.5. The molecule has 0 N–H and O–H groups in total. The number of methoxy groups -OCH3 is 2. The van der Waals surface area contributed by atoms with Crippen LogP contribution in [0.5, 0.6) is 5.88 Å². The molecule has 1 rings (SSSR count). The molecule has 0 radical (unpaired) electrons. The van der Waals surface area contributed by atoms with Crippen LogP contribution >= 0.6 is 0 Å². The van der Waals surface area contributed by atoms with Crippen LogP contribution in [-0.2, 0) is 9.53 Å². The molecule has 0 fully saturated rings. The van der Waals surface area contributed by atoms with Crippen molar-refractivity contribution < 1.29 is 14.3 Å². The van der Waals surface area contributed by atoms with Gasteiger partial charge in [-0.05, 0) is 6.07 Å². The first kappa shape index (κ1) is 10.1. The number of pyridine rings is 1. The molecule has 0 atom stereocenters. The number of esters is 1. The molecule has 14 heavy (non-hydrogen) atoms. The van der Waals surface area contributed by atoms with Crippen molar-refractivity contribution in [2.24, 2.45) is 0 Å². The minimum atomic E-state index is -0.569. The minimum absolute atomic E-state index is 0.508. The molecule has 0 unspecified atom stereocenters. The SMILES string of the molecule is COC(=O)C#Cc1ccc(OC)nc1. The number of nitrogens with zero attached hydrogens (tertiary/aromatic N) is 1. The summed E-state index contributed by atoms with van der Waals surface area (Å²) in [6, 6.07) is 3.38. The fourth-order valence-corrected chi connectivity index (χ4v) is 0.749. The number of hydrogen-bond donors (Lipinski definition) is 0. The van der Waals surface area contributed by atoms with Crippen molar-refractivity contribution >= 4 is 5.97 Å². The van der Waals surface area contributed by atoms with Gasteiger partial charge < -0.3 is 9.47 Å². The van der Waals surface area contributed by atoms with Gasteiger partial charge in [-0.15, -0.1) is 0 Å². The number of ether oxygens (including phenoxy) is 2. The van der Waals surface area contributed by atoms with Crippen molar-refractivity contribution in [3.05, 3.63) is 23.9 Å². The smallest absolute Gasteiger partial charge is 0.384 e. The van der Waals surface area contributed by atoms with E-state index in [9.17, 15) is 4.79 Å². The van der Waals surface area contributed by atoms with Crippen molar-refractivity contribution in [1.29, 1.82) is 0 Å². The minimum Gasteiger partial charge on any atom is -0.481 e. The summed E-state index contributed by atoms with van der Waals surface area (Å²) in [5, 5.41) is 0. The fraction of sp³-hybridized carbons (Fsp3) is 0.200. The van der Waals surface area contributed by atoms with Gasteiger partial charge in [-0.25, -0.2) is 9.78 Å². The average Bonchev–Trinajstić information content (AvgIpc) is 2.26. The van der Waals surface area contributed by atoms with Gasteiger partial charge in [-0.1, -0.05) is 5.92 Å². The van der Waals surface area contributed by atoms with Crippen LogP contribution in [0.15, 0.2) is 18.3 Å². The summed E-state index contributed by atoms with van der Waals surface area (Å²) >= 11 is 0. The molecule has 0 spiro atoms. The lowest BCUT2D eigenvalue weighted by atomic mass is 10.3. The van der Waals surface area contributed by atoms with Gasteiger partial charge in [0.15, 0.2) is 0 Å². The maximum absolute atomic E-state index is 10.7. The number of hydrogen-bond acceptors (Lipinski definition) is 4. The van der Waals surface area contributed by atoms with E-state index in [1.807, 2.05) is 0 Å². The number of carbonyl (C=O) groups is 1. The largest absolute Gasteiger partial charge is 0.481 e. The molecule has 0 saturated carbocycles. The Morgan fingerprint density at radius 1 is 1.43 bits per heavy atom. The second-order valence-electron chi connectivity index (χ2n) is 2.33. The van der Waals surface area contributed by atoms with Crippen molar-refractivity contribution in [2.45, 2.75) is 0 Å². The molecule has 0 aliphatic carbocycles. The first-order valence-electron chi connectivity index (χ1n) is 3.86. The van der Waals surface area contributed by atoms with Crippen LogP contribution < -0.4 is 4.74 Å². The van der Waals surface area contributed by atoms with Crippen LogP contribution in [-0.4, -0.2) is 25.2 Å². The van der Waals surface area contributed by atoms with Gasteiger partial charge in [0.1, 0.15) is 0 Å². The van der Waals surface area contributed by atoms with Crippen LogP contribution in [0.1, 0.15) is 5.56 Å². The quantitative estimate of drug-likeness (QED) is 0.482. The summed E-state index contributed by atoms with van der Waals surface area (Å²) in [5.41, 5.74) is 0.635. The van der Waals surface area contributed by atoms with Crippen molar-refractivity contribution in [2.75, 3.05) is 14.2 Å². The monoisotopic (exact) mass is 191 g/mol. The van der Waals surface area contributed by atoms with Crippen molar-refractivity contribution in [1.82, 2.24) is 4.98 Å². The molecule has 0 amide bonds. The number of rotatable bonds is 1.